The number of carbonyl (C=O) groups is 1. The molecule has 0 saturated carbocycles. The van der Waals surface area contributed by atoms with E-state index < -0.39 is 5.97 Å². The smallest absolute Gasteiger partial charge is 0.335 e. The number of fused-ring (bicyclic) bond motifs is 1. The highest BCUT2D eigenvalue weighted by molar-refractivity contribution is 7.80. The topological polar surface area (TPSA) is 37.3 Å². The minimum atomic E-state index is -0.906. The Morgan fingerprint density at radius 2 is 1.79 bits per heavy atom. The first-order chi connectivity index (χ1) is 6.66. The van der Waals surface area contributed by atoms with Crippen molar-refractivity contribution in [3.05, 3.63) is 42.0 Å². The SMILES string of the molecule is O=C(O)c1ccc2ccc(S)cc2c1. The van der Waals surface area contributed by atoms with Crippen LogP contribution in [0.1, 0.15) is 10.4 Å². The van der Waals surface area contributed by atoms with Gasteiger partial charge in [-0.1, -0.05) is 12.1 Å². The first kappa shape index (κ1) is 9.09. The number of hydrogen-bond donors (Lipinski definition) is 2. The van der Waals surface area contributed by atoms with Crippen molar-refractivity contribution in [3.8, 4) is 0 Å². The molecule has 3 heteroatoms. The third-order valence-electron chi connectivity index (χ3n) is 2.07. The zero-order valence-electron chi connectivity index (χ0n) is 7.27. The summed E-state index contributed by atoms with van der Waals surface area (Å²) in [6.07, 6.45) is 0. The highest BCUT2D eigenvalue weighted by Crippen LogP contribution is 2.19. The zero-order chi connectivity index (χ0) is 10.1. The molecule has 0 aliphatic heterocycles. The summed E-state index contributed by atoms with van der Waals surface area (Å²) in [6.45, 7) is 0. The Labute approximate surface area is 86.6 Å². The molecule has 2 aromatic carbocycles. The second kappa shape index (κ2) is 3.35. The summed E-state index contributed by atoms with van der Waals surface area (Å²) in [6, 6.07) is 10.7. The summed E-state index contributed by atoms with van der Waals surface area (Å²) in [7, 11) is 0. The Balaban J connectivity index is 2.69. The van der Waals surface area contributed by atoms with Crippen molar-refractivity contribution in [1.82, 2.24) is 0 Å². The Kier molecular flexibility index (Phi) is 2.17. The molecule has 0 aliphatic carbocycles. The molecule has 2 aromatic rings. The summed E-state index contributed by atoms with van der Waals surface area (Å²) in [5.41, 5.74) is 0.302. The fourth-order valence-electron chi connectivity index (χ4n) is 1.37. The van der Waals surface area contributed by atoms with Gasteiger partial charge in [0.25, 0.3) is 0 Å². The highest BCUT2D eigenvalue weighted by Gasteiger charge is 2.02. The van der Waals surface area contributed by atoms with Gasteiger partial charge in [0.15, 0.2) is 0 Å². The van der Waals surface area contributed by atoms with Crippen molar-refractivity contribution in [3.63, 3.8) is 0 Å². The van der Waals surface area contributed by atoms with Crippen LogP contribution in [0.2, 0.25) is 0 Å². The monoisotopic (exact) mass is 204 g/mol. The molecule has 0 unspecified atom stereocenters. The maximum atomic E-state index is 10.7. The molecule has 14 heavy (non-hydrogen) atoms. The van der Waals surface area contributed by atoms with Crippen molar-refractivity contribution in [2.75, 3.05) is 0 Å². The Hall–Kier alpha value is -1.48. The van der Waals surface area contributed by atoms with E-state index in [1.807, 2.05) is 18.2 Å². The van der Waals surface area contributed by atoms with E-state index in [4.69, 9.17) is 5.11 Å². The maximum Gasteiger partial charge on any atom is 0.335 e. The van der Waals surface area contributed by atoms with Gasteiger partial charge in [0.2, 0.25) is 0 Å². The number of aromatic carboxylic acids is 1. The van der Waals surface area contributed by atoms with Crippen molar-refractivity contribution >= 4 is 29.4 Å². The van der Waals surface area contributed by atoms with E-state index >= 15 is 0 Å². The highest BCUT2D eigenvalue weighted by atomic mass is 32.1. The molecule has 0 spiro atoms. The van der Waals surface area contributed by atoms with Crippen LogP contribution in [-0.2, 0) is 0 Å². The molecule has 0 heterocycles. The Morgan fingerprint density at radius 3 is 2.50 bits per heavy atom. The van der Waals surface area contributed by atoms with E-state index in [1.54, 1.807) is 18.2 Å². The van der Waals surface area contributed by atoms with E-state index in [9.17, 15) is 4.79 Å². The van der Waals surface area contributed by atoms with E-state index in [0.29, 0.717) is 5.56 Å². The summed E-state index contributed by atoms with van der Waals surface area (Å²) < 4.78 is 0. The fraction of sp³-hybridized carbons (Fsp3) is 0. The molecule has 0 aromatic heterocycles. The number of carboxylic acids is 1. The average molecular weight is 204 g/mol. The first-order valence-electron chi connectivity index (χ1n) is 4.13. The van der Waals surface area contributed by atoms with E-state index in [2.05, 4.69) is 12.6 Å². The Bertz CT molecular complexity index is 506. The summed E-state index contributed by atoms with van der Waals surface area (Å²) in [4.78, 5) is 11.5. The standard InChI is InChI=1S/C11H8O2S/c12-11(13)8-2-1-7-3-4-10(14)6-9(7)5-8/h1-6,14H,(H,12,13). The van der Waals surface area contributed by atoms with Crippen molar-refractivity contribution in [1.29, 1.82) is 0 Å². The van der Waals surface area contributed by atoms with Gasteiger partial charge in [0, 0.05) is 4.90 Å². The molecule has 0 atom stereocenters. The first-order valence-corrected chi connectivity index (χ1v) is 4.57. The normalized spacial score (nSPS) is 10.4. The van der Waals surface area contributed by atoms with Crippen LogP contribution in [0.15, 0.2) is 41.3 Å². The van der Waals surface area contributed by atoms with Gasteiger partial charge in [-0.15, -0.1) is 12.6 Å². The van der Waals surface area contributed by atoms with Crippen LogP contribution in [0.4, 0.5) is 0 Å². The van der Waals surface area contributed by atoms with Crippen molar-refractivity contribution in [2.24, 2.45) is 0 Å². The van der Waals surface area contributed by atoms with E-state index in [1.165, 1.54) is 0 Å². The van der Waals surface area contributed by atoms with Gasteiger partial charge < -0.3 is 5.11 Å². The van der Waals surface area contributed by atoms with Crippen LogP contribution in [0.25, 0.3) is 10.8 Å². The summed E-state index contributed by atoms with van der Waals surface area (Å²) in [5.74, 6) is -0.906. The van der Waals surface area contributed by atoms with Crippen LogP contribution in [0, 0.1) is 0 Å². The van der Waals surface area contributed by atoms with Gasteiger partial charge >= 0.3 is 5.97 Å². The number of thiol groups is 1. The quantitative estimate of drug-likeness (QED) is 0.701. The third-order valence-corrected chi connectivity index (χ3v) is 2.35. The molecule has 0 saturated heterocycles. The minimum Gasteiger partial charge on any atom is -0.478 e. The maximum absolute atomic E-state index is 10.7. The van der Waals surface area contributed by atoms with Crippen LogP contribution in [-0.4, -0.2) is 11.1 Å². The van der Waals surface area contributed by atoms with Crippen LogP contribution >= 0.6 is 12.6 Å². The lowest BCUT2D eigenvalue weighted by atomic mass is 10.1. The number of carboxylic acid groups (broad SMARTS) is 1. The lowest BCUT2D eigenvalue weighted by Crippen LogP contribution is -1.94. The van der Waals surface area contributed by atoms with Crippen molar-refractivity contribution in [2.45, 2.75) is 4.90 Å². The summed E-state index contributed by atoms with van der Waals surface area (Å²) in [5, 5.41) is 10.7. The van der Waals surface area contributed by atoms with E-state index in [-0.39, 0.29) is 0 Å². The van der Waals surface area contributed by atoms with Gasteiger partial charge in [-0.3, -0.25) is 0 Å². The van der Waals surface area contributed by atoms with Gasteiger partial charge in [-0.05, 0) is 35.0 Å². The molecular formula is C11H8O2S. The fourth-order valence-corrected chi connectivity index (χ4v) is 1.58. The average Bonchev–Trinajstić information content (AvgIpc) is 2.16. The van der Waals surface area contributed by atoms with Crippen LogP contribution in [0.5, 0.6) is 0 Å². The number of benzene rings is 2. The molecule has 0 aliphatic rings. The molecule has 0 radical (unpaired) electrons. The zero-order valence-corrected chi connectivity index (χ0v) is 8.16. The summed E-state index contributed by atoms with van der Waals surface area (Å²) >= 11 is 4.20. The predicted octanol–water partition coefficient (Wildman–Crippen LogP) is 2.83. The predicted molar refractivity (Wildman–Crippen MR) is 58.2 cm³/mol. The van der Waals surface area contributed by atoms with Gasteiger partial charge in [0.1, 0.15) is 0 Å². The molecule has 70 valence electrons. The van der Waals surface area contributed by atoms with Crippen LogP contribution in [0.3, 0.4) is 0 Å². The lowest BCUT2D eigenvalue weighted by Gasteiger charge is -2.00. The molecule has 2 nitrogen and oxygen atoms in total. The molecule has 0 amide bonds. The number of hydrogen-bond acceptors (Lipinski definition) is 2. The largest absolute Gasteiger partial charge is 0.478 e. The van der Waals surface area contributed by atoms with Crippen molar-refractivity contribution < 1.29 is 9.90 Å². The molecule has 0 fully saturated rings. The molecular weight excluding hydrogens is 196 g/mol. The second-order valence-corrected chi connectivity index (χ2v) is 3.57. The molecule has 1 N–H and O–H groups in total. The second-order valence-electron chi connectivity index (χ2n) is 3.05. The third kappa shape index (κ3) is 1.59. The minimum absolute atomic E-state index is 0.302. The molecule has 2 rings (SSSR count). The van der Waals surface area contributed by atoms with E-state index in [0.717, 1.165) is 15.7 Å². The van der Waals surface area contributed by atoms with Gasteiger partial charge in [-0.25, -0.2) is 4.79 Å². The molecule has 0 bridgehead atoms. The van der Waals surface area contributed by atoms with Gasteiger partial charge in [0.05, 0.1) is 5.56 Å². The van der Waals surface area contributed by atoms with Gasteiger partial charge in [-0.2, -0.15) is 0 Å². The number of rotatable bonds is 1. The van der Waals surface area contributed by atoms with Crippen LogP contribution < -0.4 is 0 Å². The Morgan fingerprint density at radius 1 is 1.07 bits per heavy atom. The lowest BCUT2D eigenvalue weighted by molar-refractivity contribution is 0.0697.